The molecule has 0 aliphatic heterocycles. The second-order valence-electron chi connectivity index (χ2n) is 4.97. The maximum absolute atomic E-state index is 12.2. The van der Waals surface area contributed by atoms with E-state index >= 15 is 0 Å². The first kappa shape index (κ1) is 15.3. The standard InChI is InChI=1S/C16H17NO3S/c1-9-11(3)21-8-14(9)15(18)17-13-6-4-12(5-7-13)10(2)16(19)20/h4-8,10H,1-3H3,(H,17,18)(H,19,20). The summed E-state index contributed by atoms with van der Waals surface area (Å²) in [6.45, 7) is 5.55. The number of nitrogens with one attached hydrogen (secondary N) is 1. The van der Waals surface area contributed by atoms with Crippen molar-refractivity contribution in [3.8, 4) is 0 Å². The molecule has 1 heterocycles. The van der Waals surface area contributed by atoms with E-state index in [0.29, 0.717) is 16.8 Å². The van der Waals surface area contributed by atoms with E-state index < -0.39 is 11.9 Å². The van der Waals surface area contributed by atoms with E-state index in [-0.39, 0.29) is 5.91 Å². The summed E-state index contributed by atoms with van der Waals surface area (Å²) in [7, 11) is 0. The van der Waals surface area contributed by atoms with Gasteiger partial charge in [-0.25, -0.2) is 0 Å². The number of benzene rings is 1. The normalized spacial score (nSPS) is 12.0. The minimum absolute atomic E-state index is 0.143. The van der Waals surface area contributed by atoms with Crippen LogP contribution in [0.2, 0.25) is 0 Å². The Bertz CT molecular complexity index is 673. The molecule has 5 heteroatoms. The Labute approximate surface area is 127 Å². The van der Waals surface area contributed by atoms with Crippen molar-refractivity contribution in [1.82, 2.24) is 0 Å². The molecule has 110 valence electrons. The minimum Gasteiger partial charge on any atom is -0.481 e. The molecule has 2 aromatic rings. The SMILES string of the molecule is Cc1scc(C(=O)Nc2ccc(C(C)C(=O)O)cc2)c1C. The van der Waals surface area contributed by atoms with E-state index in [1.54, 1.807) is 42.5 Å². The average Bonchev–Trinajstić information content (AvgIpc) is 2.79. The lowest BCUT2D eigenvalue weighted by Crippen LogP contribution is -2.12. The Balaban J connectivity index is 2.12. The van der Waals surface area contributed by atoms with Gasteiger partial charge < -0.3 is 10.4 Å². The van der Waals surface area contributed by atoms with Crippen molar-refractivity contribution < 1.29 is 14.7 Å². The van der Waals surface area contributed by atoms with Gasteiger partial charge in [0.25, 0.3) is 5.91 Å². The lowest BCUT2D eigenvalue weighted by molar-refractivity contribution is -0.138. The van der Waals surface area contributed by atoms with Gasteiger partial charge in [0, 0.05) is 15.9 Å². The van der Waals surface area contributed by atoms with Gasteiger partial charge in [-0.2, -0.15) is 0 Å². The molecule has 1 amide bonds. The Hall–Kier alpha value is -2.14. The van der Waals surface area contributed by atoms with E-state index in [1.807, 2.05) is 19.2 Å². The van der Waals surface area contributed by atoms with Crippen LogP contribution in [0.3, 0.4) is 0 Å². The topological polar surface area (TPSA) is 66.4 Å². The number of hydrogen-bond acceptors (Lipinski definition) is 3. The first-order chi connectivity index (χ1) is 9.90. The van der Waals surface area contributed by atoms with Crippen LogP contribution in [-0.2, 0) is 4.79 Å². The van der Waals surface area contributed by atoms with Crippen molar-refractivity contribution in [1.29, 1.82) is 0 Å². The van der Waals surface area contributed by atoms with Crippen LogP contribution in [0.1, 0.15) is 39.2 Å². The number of rotatable bonds is 4. The van der Waals surface area contributed by atoms with Crippen LogP contribution in [0.15, 0.2) is 29.6 Å². The third kappa shape index (κ3) is 3.31. The summed E-state index contributed by atoms with van der Waals surface area (Å²) in [5.74, 6) is -1.57. The van der Waals surface area contributed by atoms with Gasteiger partial charge >= 0.3 is 5.97 Å². The number of aryl methyl sites for hydroxylation is 1. The summed E-state index contributed by atoms with van der Waals surface area (Å²) >= 11 is 1.55. The predicted molar refractivity (Wildman–Crippen MR) is 84.2 cm³/mol. The van der Waals surface area contributed by atoms with Gasteiger partial charge in [0.05, 0.1) is 11.5 Å². The molecular formula is C16H17NO3S. The molecule has 0 aliphatic carbocycles. The summed E-state index contributed by atoms with van der Waals surface area (Å²) < 4.78 is 0. The highest BCUT2D eigenvalue weighted by atomic mass is 32.1. The Morgan fingerprint density at radius 1 is 1.19 bits per heavy atom. The molecule has 0 fully saturated rings. The van der Waals surface area contributed by atoms with E-state index in [9.17, 15) is 9.59 Å². The van der Waals surface area contributed by atoms with Crippen molar-refractivity contribution in [2.24, 2.45) is 0 Å². The van der Waals surface area contributed by atoms with Crippen molar-refractivity contribution in [2.75, 3.05) is 5.32 Å². The van der Waals surface area contributed by atoms with Gasteiger partial charge in [-0.05, 0) is 44.0 Å². The van der Waals surface area contributed by atoms with Crippen LogP contribution in [0.4, 0.5) is 5.69 Å². The first-order valence-corrected chi connectivity index (χ1v) is 7.47. The van der Waals surface area contributed by atoms with Gasteiger partial charge in [0.2, 0.25) is 0 Å². The number of carboxylic acids is 1. The molecule has 0 spiro atoms. The number of aliphatic carboxylic acids is 1. The smallest absolute Gasteiger partial charge is 0.310 e. The van der Waals surface area contributed by atoms with E-state index in [2.05, 4.69) is 5.32 Å². The molecule has 1 unspecified atom stereocenters. The molecule has 1 aromatic carbocycles. The van der Waals surface area contributed by atoms with E-state index in [0.717, 1.165) is 10.4 Å². The summed E-state index contributed by atoms with van der Waals surface area (Å²) in [6.07, 6.45) is 0. The number of carboxylic acid groups (broad SMARTS) is 1. The summed E-state index contributed by atoms with van der Waals surface area (Å²) in [4.78, 5) is 24.2. The fourth-order valence-electron chi connectivity index (χ4n) is 1.93. The van der Waals surface area contributed by atoms with Crippen molar-refractivity contribution >= 4 is 28.9 Å². The highest BCUT2D eigenvalue weighted by Crippen LogP contribution is 2.22. The molecule has 0 radical (unpaired) electrons. The lowest BCUT2D eigenvalue weighted by atomic mass is 10.0. The fraction of sp³-hybridized carbons (Fsp3) is 0.250. The Morgan fingerprint density at radius 3 is 2.29 bits per heavy atom. The average molecular weight is 303 g/mol. The molecule has 2 rings (SSSR count). The van der Waals surface area contributed by atoms with E-state index in [1.165, 1.54) is 0 Å². The second kappa shape index (κ2) is 6.10. The zero-order valence-electron chi connectivity index (χ0n) is 12.1. The van der Waals surface area contributed by atoms with Crippen LogP contribution in [0, 0.1) is 13.8 Å². The van der Waals surface area contributed by atoms with Crippen LogP contribution in [0.25, 0.3) is 0 Å². The van der Waals surface area contributed by atoms with Gasteiger partial charge in [-0.15, -0.1) is 11.3 Å². The van der Waals surface area contributed by atoms with Gasteiger partial charge in [0.15, 0.2) is 0 Å². The van der Waals surface area contributed by atoms with Crippen LogP contribution >= 0.6 is 11.3 Å². The number of thiophene rings is 1. The molecule has 0 saturated heterocycles. The number of amides is 1. The largest absolute Gasteiger partial charge is 0.481 e. The van der Waals surface area contributed by atoms with Crippen LogP contribution < -0.4 is 5.32 Å². The monoisotopic (exact) mass is 303 g/mol. The molecule has 1 atom stereocenters. The van der Waals surface area contributed by atoms with Crippen molar-refractivity contribution in [3.63, 3.8) is 0 Å². The quantitative estimate of drug-likeness (QED) is 0.902. The van der Waals surface area contributed by atoms with Gasteiger partial charge in [-0.3, -0.25) is 9.59 Å². The second-order valence-corrected chi connectivity index (χ2v) is 6.05. The van der Waals surface area contributed by atoms with Gasteiger partial charge in [0.1, 0.15) is 0 Å². The molecule has 2 N–H and O–H groups in total. The molecular weight excluding hydrogens is 286 g/mol. The molecule has 0 saturated carbocycles. The van der Waals surface area contributed by atoms with Crippen molar-refractivity contribution in [3.05, 3.63) is 51.2 Å². The third-order valence-corrected chi connectivity index (χ3v) is 4.58. The lowest BCUT2D eigenvalue weighted by Gasteiger charge is -2.09. The Kier molecular flexibility index (Phi) is 4.43. The maximum Gasteiger partial charge on any atom is 0.310 e. The molecule has 1 aromatic heterocycles. The minimum atomic E-state index is -0.865. The van der Waals surface area contributed by atoms with Crippen LogP contribution in [-0.4, -0.2) is 17.0 Å². The zero-order valence-corrected chi connectivity index (χ0v) is 13.0. The Morgan fingerprint density at radius 2 is 1.81 bits per heavy atom. The summed E-state index contributed by atoms with van der Waals surface area (Å²) in [5.41, 5.74) is 3.04. The van der Waals surface area contributed by atoms with Gasteiger partial charge in [-0.1, -0.05) is 12.1 Å². The maximum atomic E-state index is 12.2. The highest BCUT2D eigenvalue weighted by Gasteiger charge is 2.15. The molecule has 0 bridgehead atoms. The van der Waals surface area contributed by atoms with Crippen molar-refractivity contribution in [2.45, 2.75) is 26.7 Å². The summed E-state index contributed by atoms with van der Waals surface area (Å²) in [6, 6.07) is 6.89. The molecule has 4 nitrogen and oxygen atoms in total. The van der Waals surface area contributed by atoms with E-state index in [4.69, 9.17) is 5.11 Å². The first-order valence-electron chi connectivity index (χ1n) is 6.59. The fourth-order valence-corrected chi connectivity index (χ4v) is 2.80. The summed E-state index contributed by atoms with van der Waals surface area (Å²) in [5, 5.41) is 13.6. The highest BCUT2D eigenvalue weighted by molar-refractivity contribution is 7.10. The molecule has 21 heavy (non-hydrogen) atoms. The number of carbonyl (C=O) groups excluding carboxylic acids is 1. The van der Waals surface area contributed by atoms with Crippen LogP contribution in [0.5, 0.6) is 0 Å². The third-order valence-electron chi connectivity index (χ3n) is 3.57. The number of hydrogen-bond donors (Lipinski definition) is 2. The zero-order chi connectivity index (χ0) is 15.6. The number of carbonyl (C=O) groups is 2. The molecule has 0 aliphatic rings. The number of anilines is 1. The predicted octanol–water partition coefficient (Wildman–Crippen LogP) is 3.81.